The van der Waals surface area contributed by atoms with E-state index in [1.807, 2.05) is 6.07 Å². The normalized spacial score (nSPS) is 15.5. The van der Waals surface area contributed by atoms with E-state index in [4.69, 9.17) is 9.84 Å². The van der Waals surface area contributed by atoms with E-state index in [1.165, 1.54) is 10.9 Å². The molecule has 1 aliphatic carbocycles. The molecule has 0 N–H and O–H groups in total. The van der Waals surface area contributed by atoms with Crippen molar-refractivity contribution in [1.82, 2.24) is 34.3 Å². The molecule has 2 aliphatic rings. The second kappa shape index (κ2) is 9.47. The van der Waals surface area contributed by atoms with Crippen molar-refractivity contribution in [3.05, 3.63) is 53.9 Å². The number of aromatic nitrogens is 7. The Bertz CT molecular complexity index is 1540. The number of hydrogen-bond donors (Lipinski definition) is 0. The van der Waals surface area contributed by atoms with Crippen LogP contribution in [-0.2, 0) is 30.6 Å². The van der Waals surface area contributed by atoms with E-state index >= 15 is 0 Å². The molecule has 0 spiro atoms. The van der Waals surface area contributed by atoms with Crippen LogP contribution in [0.5, 0.6) is 5.88 Å². The second-order valence-corrected chi connectivity index (χ2v) is 9.54. The lowest BCUT2D eigenvalue weighted by Crippen LogP contribution is -2.36. The number of carbonyl (C=O) groups excluding carboxylic acids is 1. The molecule has 10 nitrogen and oxygen atoms in total. The summed E-state index contributed by atoms with van der Waals surface area (Å²) >= 11 is 0. The molecule has 1 fully saturated rings. The molecule has 0 saturated heterocycles. The summed E-state index contributed by atoms with van der Waals surface area (Å²) in [7, 11) is 1.56. The van der Waals surface area contributed by atoms with Crippen LogP contribution in [-0.4, -0.2) is 47.3 Å². The molecular weight excluding hydrogens is 513 g/mol. The predicted molar refractivity (Wildman–Crippen MR) is 134 cm³/mol. The summed E-state index contributed by atoms with van der Waals surface area (Å²) < 4.78 is 48.3. The molecule has 4 aromatic rings. The number of hydrogen-bond acceptors (Lipinski definition) is 7. The SMILES string of the molecule is CCn1cc(C(F)(F)F)nc1-c1ccc(CN2C(=O)CCn3nc(-c4c(OC)ncnc4C4CC4)cc32)cn1. The van der Waals surface area contributed by atoms with E-state index in [0.29, 0.717) is 47.7 Å². The number of ether oxygens (including phenoxy) is 1. The second-order valence-electron chi connectivity index (χ2n) is 9.54. The summed E-state index contributed by atoms with van der Waals surface area (Å²) in [5.74, 6) is 1.49. The van der Waals surface area contributed by atoms with Crippen molar-refractivity contribution >= 4 is 11.7 Å². The fourth-order valence-electron chi connectivity index (χ4n) is 4.82. The maximum absolute atomic E-state index is 13.2. The molecular formula is C26H25F3N8O2. The van der Waals surface area contributed by atoms with Crippen molar-refractivity contribution < 1.29 is 22.7 Å². The van der Waals surface area contributed by atoms with Gasteiger partial charge >= 0.3 is 6.18 Å². The molecule has 39 heavy (non-hydrogen) atoms. The highest BCUT2D eigenvalue weighted by Gasteiger charge is 2.35. The van der Waals surface area contributed by atoms with Crippen molar-refractivity contribution in [2.24, 2.45) is 0 Å². The number of halogens is 3. The fraction of sp³-hybridized carbons (Fsp3) is 0.385. The molecule has 13 heteroatoms. The minimum atomic E-state index is -4.54. The van der Waals surface area contributed by atoms with E-state index in [1.54, 1.807) is 41.9 Å². The smallest absolute Gasteiger partial charge is 0.434 e. The first-order valence-electron chi connectivity index (χ1n) is 12.6. The number of alkyl halides is 3. The van der Waals surface area contributed by atoms with Crippen LogP contribution >= 0.6 is 0 Å². The van der Waals surface area contributed by atoms with Gasteiger partial charge in [-0.25, -0.2) is 19.6 Å². The zero-order valence-corrected chi connectivity index (χ0v) is 21.3. The van der Waals surface area contributed by atoms with E-state index < -0.39 is 11.9 Å². The van der Waals surface area contributed by atoms with Crippen molar-refractivity contribution in [3.63, 3.8) is 0 Å². The van der Waals surface area contributed by atoms with Gasteiger partial charge in [0.25, 0.3) is 0 Å². The molecule has 0 atom stereocenters. The van der Waals surface area contributed by atoms with Crippen LogP contribution in [0.1, 0.15) is 49.1 Å². The van der Waals surface area contributed by atoms with Gasteiger partial charge in [-0.2, -0.15) is 18.3 Å². The number of fused-ring (bicyclic) bond motifs is 1. The average Bonchev–Trinajstić information content (AvgIpc) is 3.53. The van der Waals surface area contributed by atoms with Gasteiger partial charge in [-0.15, -0.1) is 0 Å². The number of imidazole rings is 1. The topological polar surface area (TPSA) is 104 Å². The van der Waals surface area contributed by atoms with Crippen molar-refractivity contribution in [2.45, 2.75) is 57.9 Å². The Balaban J connectivity index is 1.29. The molecule has 5 heterocycles. The summed E-state index contributed by atoms with van der Waals surface area (Å²) in [5, 5.41) is 4.77. The number of aryl methyl sites for hydroxylation is 2. The van der Waals surface area contributed by atoms with E-state index in [0.717, 1.165) is 30.3 Å². The Labute approximate surface area is 221 Å². The largest absolute Gasteiger partial charge is 0.480 e. The van der Waals surface area contributed by atoms with Crippen LogP contribution in [0.15, 0.2) is 36.9 Å². The molecule has 1 saturated carbocycles. The third-order valence-corrected chi connectivity index (χ3v) is 6.93. The van der Waals surface area contributed by atoms with Gasteiger partial charge in [-0.3, -0.25) is 14.7 Å². The maximum atomic E-state index is 13.2. The summed E-state index contributed by atoms with van der Waals surface area (Å²) in [6, 6.07) is 5.21. The molecule has 0 radical (unpaired) electrons. The molecule has 202 valence electrons. The fourth-order valence-corrected chi connectivity index (χ4v) is 4.82. The number of amides is 1. The van der Waals surface area contributed by atoms with Crippen LogP contribution < -0.4 is 9.64 Å². The number of methoxy groups -OCH3 is 1. The Morgan fingerprint density at radius 1 is 1.13 bits per heavy atom. The van der Waals surface area contributed by atoms with Gasteiger partial charge in [-0.1, -0.05) is 6.07 Å². The molecule has 6 rings (SSSR count). The van der Waals surface area contributed by atoms with E-state index in [2.05, 4.69) is 19.9 Å². The van der Waals surface area contributed by atoms with Crippen LogP contribution in [0.4, 0.5) is 19.0 Å². The number of rotatable bonds is 7. The molecule has 0 aromatic carbocycles. The molecule has 4 aromatic heterocycles. The standard InChI is InChI=1S/C26H25F3N8O2/c1-3-35-13-19(26(27,28)29)33-24(35)17-7-4-15(11-30-17)12-36-20-10-18(34-37(20)9-8-21(36)38)22-23(16-5-6-16)31-14-32-25(22)39-2/h4,7,10-11,13-14,16H,3,5-6,8-9,12H2,1-2H3. The molecule has 1 aliphatic heterocycles. The Morgan fingerprint density at radius 3 is 2.62 bits per heavy atom. The predicted octanol–water partition coefficient (Wildman–Crippen LogP) is 4.46. The Morgan fingerprint density at radius 2 is 1.95 bits per heavy atom. The van der Waals surface area contributed by atoms with Crippen LogP contribution in [0.3, 0.4) is 0 Å². The monoisotopic (exact) mass is 538 g/mol. The van der Waals surface area contributed by atoms with Crippen LogP contribution in [0.2, 0.25) is 0 Å². The van der Waals surface area contributed by atoms with Gasteiger partial charge in [0, 0.05) is 37.3 Å². The van der Waals surface area contributed by atoms with Gasteiger partial charge in [0.05, 0.1) is 31.5 Å². The highest BCUT2D eigenvalue weighted by molar-refractivity contribution is 5.94. The number of carbonyl (C=O) groups is 1. The lowest BCUT2D eigenvalue weighted by Gasteiger charge is -2.27. The van der Waals surface area contributed by atoms with Gasteiger partial charge in [0.2, 0.25) is 11.8 Å². The van der Waals surface area contributed by atoms with E-state index in [9.17, 15) is 18.0 Å². The number of anilines is 1. The zero-order valence-electron chi connectivity index (χ0n) is 21.3. The minimum Gasteiger partial charge on any atom is -0.480 e. The summed E-state index contributed by atoms with van der Waals surface area (Å²) in [5.41, 5.74) is 2.36. The van der Waals surface area contributed by atoms with Gasteiger partial charge in [0.1, 0.15) is 23.5 Å². The lowest BCUT2D eigenvalue weighted by atomic mass is 10.1. The maximum Gasteiger partial charge on any atom is 0.434 e. The lowest BCUT2D eigenvalue weighted by molar-refractivity contribution is -0.140. The third-order valence-electron chi connectivity index (χ3n) is 6.93. The van der Waals surface area contributed by atoms with Gasteiger partial charge in [0.15, 0.2) is 11.5 Å². The highest BCUT2D eigenvalue weighted by Crippen LogP contribution is 2.46. The van der Waals surface area contributed by atoms with Crippen molar-refractivity contribution in [1.29, 1.82) is 0 Å². The number of pyridine rings is 1. The first kappa shape index (κ1) is 25.0. The minimum absolute atomic E-state index is 0.0620. The summed E-state index contributed by atoms with van der Waals surface area (Å²) in [6.45, 7) is 2.73. The molecule has 0 bridgehead atoms. The van der Waals surface area contributed by atoms with Crippen LogP contribution in [0, 0.1) is 0 Å². The number of nitrogens with zero attached hydrogens (tertiary/aromatic N) is 8. The quantitative estimate of drug-likeness (QED) is 0.342. The van der Waals surface area contributed by atoms with Crippen LogP contribution in [0.25, 0.3) is 22.8 Å². The summed E-state index contributed by atoms with van der Waals surface area (Å²) in [6.07, 6.45) is 1.87. The zero-order chi connectivity index (χ0) is 27.3. The first-order valence-corrected chi connectivity index (χ1v) is 12.6. The van der Waals surface area contributed by atoms with Crippen molar-refractivity contribution in [3.8, 4) is 28.7 Å². The summed E-state index contributed by atoms with van der Waals surface area (Å²) in [4.78, 5) is 31.5. The third kappa shape index (κ3) is 4.61. The van der Waals surface area contributed by atoms with Gasteiger partial charge < -0.3 is 9.30 Å². The molecule has 0 unspecified atom stereocenters. The van der Waals surface area contributed by atoms with E-state index in [-0.39, 0.29) is 24.7 Å². The highest BCUT2D eigenvalue weighted by atomic mass is 19.4. The molecule has 1 amide bonds. The average molecular weight is 539 g/mol. The Kier molecular flexibility index (Phi) is 6.07. The Hall–Kier alpha value is -4.29. The van der Waals surface area contributed by atoms with Gasteiger partial charge in [-0.05, 0) is 31.4 Å². The van der Waals surface area contributed by atoms with Crippen molar-refractivity contribution in [2.75, 3.05) is 12.0 Å². The first-order chi connectivity index (χ1) is 18.8.